The topological polar surface area (TPSA) is 57.9 Å². The van der Waals surface area contributed by atoms with Crippen molar-refractivity contribution in [1.82, 2.24) is 0 Å². The molecule has 0 aliphatic heterocycles. The van der Waals surface area contributed by atoms with Gasteiger partial charge in [0.25, 0.3) is 0 Å². The first-order chi connectivity index (χ1) is 15.8. The van der Waals surface area contributed by atoms with Gasteiger partial charge in [-0.3, -0.25) is 4.79 Å². The molecule has 1 aromatic heterocycles. The van der Waals surface area contributed by atoms with Crippen LogP contribution in [0.4, 0.5) is 13.2 Å². The minimum atomic E-state index is -4.87. The SMILES string of the molecule is COc1ccc(-c2c(C(F)(F)F)oc3cc(OCc4cccc(OC)c4)ccc3c2=O)cc1. The van der Waals surface area contributed by atoms with Crippen molar-refractivity contribution >= 4 is 11.0 Å². The average molecular weight is 456 g/mol. The minimum absolute atomic E-state index is 0.0162. The van der Waals surface area contributed by atoms with Crippen LogP contribution in [0.3, 0.4) is 0 Å². The molecule has 170 valence electrons. The largest absolute Gasteiger partial charge is 0.497 e. The molecule has 0 atom stereocenters. The van der Waals surface area contributed by atoms with Crippen LogP contribution in [0.1, 0.15) is 11.3 Å². The van der Waals surface area contributed by atoms with Crippen molar-refractivity contribution in [2.24, 2.45) is 0 Å². The van der Waals surface area contributed by atoms with Gasteiger partial charge in [0.2, 0.25) is 11.2 Å². The Balaban J connectivity index is 1.75. The van der Waals surface area contributed by atoms with E-state index in [4.69, 9.17) is 18.6 Å². The van der Waals surface area contributed by atoms with Crippen LogP contribution in [-0.4, -0.2) is 14.2 Å². The summed E-state index contributed by atoms with van der Waals surface area (Å²) in [4.78, 5) is 13.1. The normalized spacial score (nSPS) is 11.4. The lowest BCUT2D eigenvalue weighted by Gasteiger charge is -2.14. The molecule has 0 spiro atoms. The molecule has 1 heterocycles. The van der Waals surface area contributed by atoms with Crippen molar-refractivity contribution in [1.29, 1.82) is 0 Å². The highest BCUT2D eigenvalue weighted by atomic mass is 19.4. The van der Waals surface area contributed by atoms with Crippen molar-refractivity contribution in [3.05, 3.63) is 88.3 Å². The lowest BCUT2D eigenvalue weighted by Crippen LogP contribution is -2.16. The summed E-state index contributed by atoms with van der Waals surface area (Å²) in [5.41, 5.74) is -0.664. The summed E-state index contributed by atoms with van der Waals surface area (Å²) in [6.07, 6.45) is -4.87. The van der Waals surface area contributed by atoms with Crippen molar-refractivity contribution in [3.63, 3.8) is 0 Å². The zero-order chi connectivity index (χ0) is 23.6. The van der Waals surface area contributed by atoms with E-state index in [9.17, 15) is 18.0 Å². The van der Waals surface area contributed by atoms with Gasteiger partial charge in [0.1, 0.15) is 29.4 Å². The second-order valence-electron chi connectivity index (χ2n) is 7.16. The van der Waals surface area contributed by atoms with Gasteiger partial charge >= 0.3 is 6.18 Å². The fourth-order valence-corrected chi connectivity index (χ4v) is 3.41. The third-order valence-electron chi connectivity index (χ3n) is 5.04. The van der Waals surface area contributed by atoms with Crippen LogP contribution in [0.2, 0.25) is 0 Å². The molecule has 0 aliphatic carbocycles. The third-order valence-corrected chi connectivity index (χ3v) is 5.04. The summed E-state index contributed by atoms with van der Waals surface area (Å²) in [5, 5.41) is 0.0162. The summed E-state index contributed by atoms with van der Waals surface area (Å²) in [5.74, 6) is 0.00528. The second-order valence-corrected chi connectivity index (χ2v) is 7.16. The van der Waals surface area contributed by atoms with E-state index in [1.54, 1.807) is 25.3 Å². The van der Waals surface area contributed by atoms with E-state index in [1.165, 1.54) is 49.6 Å². The van der Waals surface area contributed by atoms with Crippen molar-refractivity contribution in [2.45, 2.75) is 12.8 Å². The van der Waals surface area contributed by atoms with Crippen LogP contribution < -0.4 is 19.6 Å². The summed E-state index contributed by atoms with van der Waals surface area (Å²) in [6.45, 7) is 0.156. The Hall–Kier alpha value is -3.94. The molecule has 0 fully saturated rings. The zero-order valence-corrected chi connectivity index (χ0v) is 17.7. The Morgan fingerprint density at radius 1 is 0.848 bits per heavy atom. The van der Waals surface area contributed by atoms with E-state index < -0.39 is 22.9 Å². The minimum Gasteiger partial charge on any atom is -0.497 e. The number of alkyl halides is 3. The molecule has 0 saturated heterocycles. The zero-order valence-electron chi connectivity index (χ0n) is 17.7. The second kappa shape index (κ2) is 8.90. The molecule has 0 N–H and O–H groups in total. The Bertz CT molecular complexity index is 1340. The molecule has 4 rings (SSSR count). The van der Waals surface area contributed by atoms with Crippen molar-refractivity contribution < 1.29 is 31.8 Å². The number of hydrogen-bond acceptors (Lipinski definition) is 5. The summed E-state index contributed by atoms with van der Waals surface area (Å²) < 4.78 is 62.6. The first-order valence-electron chi connectivity index (χ1n) is 9.88. The number of ether oxygens (including phenoxy) is 3. The molecule has 0 radical (unpaired) electrons. The Morgan fingerprint density at radius 3 is 2.21 bits per heavy atom. The molecule has 0 unspecified atom stereocenters. The van der Waals surface area contributed by atoms with Crippen LogP contribution in [0.25, 0.3) is 22.1 Å². The molecule has 3 aromatic carbocycles. The first kappa shape index (κ1) is 22.3. The van der Waals surface area contributed by atoms with E-state index in [1.807, 2.05) is 6.07 Å². The quantitative estimate of drug-likeness (QED) is 0.352. The van der Waals surface area contributed by atoms with Crippen molar-refractivity contribution in [3.8, 4) is 28.4 Å². The number of methoxy groups -OCH3 is 2. The number of benzene rings is 3. The highest BCUT2D eigenvalue weighted by molar-refractivity contribution is 5.84. The molecule has 0 saturated carbocycles. The summed E-state index contributed by atoms with van der Waals surface area (Å²) in [7, 11) is 2.98. The summed E-state index contributed by atoms with van der Waals surface area (Å²) >= 11 is 0. The highest BCUT2D eigenvalue weighted by Crippen LogP contribution is 2.38. The maximum Gasteiger partial charge on any atom is 0.450 e. The molecule has 0 bridgehead atoms. The van der Waals surface area contributed by atoms with Gasteiger partial charge in [-0.25, -0.2) is 0 Å². The van der Waals surface area contributed by atoms with E-state index in [0.29, 0.717) is 11.5 Å². The molecule has 33 heavy (non-hydrogen) atoms. The smallest absolute Gasteiger partial charge is 0.450 e. The fourth-order valence-electron chi connectivity index (χ4n) is 3.41. The lowest BCUT2D eigenvalue weighted by molar-refractivity contribution is -0.152. The maximum absolute atomic E-state index is 13.8. The van der Waals surface area contributed by atoms with Crippen LogP contribution in [0.5, 0.6) is 17.2 Å². The van der Waals surface area contributed by atoms with Gasteiger partial charge in [-0.15, -0.1) is 0 Å². The summed E-state index contributed by atoms with van der Waals surface area (Å²) in [6, 6.07) is 17.1. The van der Waals surface area contributed by atoms with Crippen LogP contribution >= 0.6 is 0 Å². The van der Waals surface area contributed by atoms with Crippen molar-refractivity contribution in [2.75, 3.05) is 14.2 Å². The van der Waals surface area contributed by atoms with Crippen LogP contribution in [0, 0.1) is 0 Å². The van der Waals surface area contributed by atoms with Crippen LogP contribution in [-0.2, 0) is 12.8 Å². The number of halogens is 3. The lowest BCUT2D eigenvalue weighted by atomic mass is 10.0. The van der Waals surface area contributed by atoms with Gasteiger partial charge < -0.3 is 18.6 Å². The standard InChI is InChI=1S/C25H19F3O5/c1-30-17-8-6-16(7-9-17)22-23(29)20-11-10-19(13-21(20)33-24(22)25(26,27)28)32-14-15-4-3-5-18(12-15)31-2/h3-13H,14H2,1-2H3. The van der Waals surface area contributed by atoms with Gasteiger partial charge in [0, 0.05) is 6.07 Å². The van der Waals surface area contributed by atoms with Gasteiger partial charge in [-0.05, 0) is 47.5 Å². The number of hydrogen-bond donors (Lipinski definition) is 0. The predicted molar refractivity (Wildman–Crippen MR) is 117 cm³/mol. The monoisotopic (exact) mass is 456 g/mol. The molecule has 0 amide bonds. The Kier molecular flexibility index (Phi) is 6.00. The van der Waals surface area contributed by atoms with Gasteiger partial charge in [0.05, 0.1) is 25.2 Å². The number of rotatable bonds is 6. The van der Waals surface area contributed by atoms with E-state index in [0.717, 1.165) is 5.56 Å². The molecular weight excluding hydrogens is 437 g/mol. The predicted octanol–water partition coefficient (Wildman–Crippen LogP) is 6.08. The average Bonchev–Trinajstić information content (AvgIpc) is 2.82. The van der Waals surface area contributed by atoms with E-state index >= 15 is 0 Å². The third kappa shape index (κ3) is 4.64. The fraction of sp³-hybridized carbons (Fsp3) is 0.160. The van der Waals surface area contributed by atoms with E-state index in [2.05, 4.69) is 0 Å². The Morgan fingerprint density at radius 2 is 1.55 bits per heavy atom. The van der Waals surface area contributed by atoms with Gasteiger partial charge in [-0.2, -0.15) is 13.2 Å². The molecule has 5 nitrogen and oxygen atoms in total. The van der Waals surface area contributed by atoms with Gasteiger partial charge in [-0.1, -0.05) is 24.3 Å². The molecule has 4 aromatic rings. The van der Waals surface area contributed by atoms with E-state index in [-0.39, 0.29) is 28.9 Å². The molecule has 0 aliphatic rings. The Labute approximate surface area is 186 Å². The first-order valence-corrected chi connectivity index (χ1v) is 9.88. The maximum atomic E-state index is 13.8. The number of fused-ring (bicyclic) bond motifs is 1. The van der Waals surface area contributed by atoms with Crippen LogP contribution in [0.15, 0.2) is 75.9 Å². The van der Waals surface area contributed by atoms with Gasteiger partial charge in [0.15, 0.2) is 0 Å². The molecule has 8 heteroatoms. The highest BCUT2D eigenvalue weighted by Gasteiger charge is 2.39. The molecular formula is C25H19F3O5.